The molecule has 0 radical (unpaired) electrons. The molecule has 0 bridgehead atoms. The molecule has 3 heteroatoms. The summed E-state index contributed by atoms with van der Waals surface area (Å²) in [5, 5.41) is 6.19. The molecule has 2 aromatic carbocycles. The first-order valence-corrected chi connectivity index (χ1v) is 6.72. The zero-order valence-corrected chi connectivity index (χ0v) is 11.1. The fourth-order valence-corrected chi connectivity index (χ4v) is 2.30. The number of nitrogens with one attached hydrogen (secondary N) is 2. The number of hydrogen-bond donors (Lipinski definition) is 2. The monoisotopic (exact) mass is 264 g/mol. The minimum absolute atomic E-state index is 0.111. The number of rotatable bonds is 3. The van der Waals surface area contributed by atoms with E-state index in [1.807, 2.05) is 54.6 Å². The second-order valence-corrected chi connectivity index (χ2v) is 4.78. The van der Waals surface area contributed by atoms with E-state index in [0.29, 0.717) is 0 Å². The van der Waals surface area contributed by atoms with Crippen LogP contribution < -0.4 is 10.6 Å². The van der Waals surface area contributed by atoms with Gasteiger partial charge in [-0.25, -0.2) is 0 Å². The Morgan fingerprint density at radius 1 is 1.15 bits per heavy atom. The number of anilines is 2. The summed E-state index contributed by atoms with van der Waals surface area (Å²) in [4.78, 5) is 11.9. The minimum Gasteiger partial charge on any atom is -0.384 e. The third-order valence-electron chi connectivity index (χ3n) is 3.31. The second kappa shape index (κ2) is 5.61. The highest BCUT2D eigenvalue weighted by atomic mass is 16.1. The van der Waals surface area contributed by atoms with Gasteiger partial charge in [0.15, 0.2) is 0 Å². The van der Waals surface area contributed by atoms with Crippen LogP contribution >= 0.6 is 0 Å². The highest BCUT2D eigenvalue weighted by Gasteiger charge is 2.10. The Kier molecular flexibility index (Phi) is 3.50. The number of amides is 1. The van der Waals surface area contributed by atoms with Gasteiger partial charge in [-0.1, -0.05) is 30.3 Å². The molecule has 100 valence electrons. The number of benzene rings is 2. The van der Waals surface area contributed by atoms with Crippen molar-refractivity contribution in [3.63, 3.8) is 0 Å². The molecule has 1 aliphatic heterocycles. The molecular formula is C17H16N2O. The lowest BCUT2D eigenvalue weighted by atomic mass is 10.1. The molecule has 20 heavy (non-hydrogen) atoms. The molecule has 0 aliphatic carbocycles. The van der Waals surface area contributed by atoms with E-state index in [9.17, 15) is 4.79 Å². The van der Waals surface area contributed by atoms with E-state index in [-0.39, 0.29) is 5.91 Å². The van der Waals surface area contributed by atoms with E-state index >= 15 is 0 Å². The molecule has 0 fully saturated rings. The van der Waals surface area contributed by atoms with Crippen molar-refractivity contribution < 1.29 is 4.79 Å². The van der Waals surface area contributed by atoms with Gasteiger partial charge in [0.05, 0.1) is 0 Å². The quantitative estimate of drug-likeness (QED) is 0.835. The van der Waals surface area contributed by atoms with Gasteiger partial charge in [0.2, 0.25) is 5.91 Å². The maximum atomic E-state index is 11.9. The lowest BCUT2D eigenvalue weighted by molar-refractivity contribution is -0.111. The van der Waals surface area contributed by atoms with Crippen molar-refractivity contribution in [3.8, 4) is 0 Å². The van der Waals surface area contributed by atoms with Gasteiger partial charge in [0.25, 0.3) is 0 Å². The first-order chi connectivity index (χ1) is 9.81. The van der Waals surface area contributed by atoms with E-state index < -0.39 is 0 Å². The standard InChI is InChI=1S/C17H16N2O/c20-17(9-6-13-4-2-1-3-5-13)19-15-7-8-16-14(12-15)10-11-18-16/h1-9,12,18H,10-11H2,(H,19,20). The summed E-state index contributed by atoms with van der Waals surface area (Å²) >= 11 is 0. The summed E-state index contributed by atoms with van der Waals surface area (Å²) in [6.45, 7) is 0.973. The number of carbonyl (C=O) groups excluding carboxylic acids is 1. The highest BCUT2D eigenvalue weighted by Crippen LogP contribution is 2.25. The molecule has 1 heterocycles. The predicted octanol–water partition coefficient (Wildman–Crippen LogP) is 3.31. The summed E-state index contributed by atoms with van der Waals surface area (Å²) in [5.74, 6) is -0.111. The maximum absolute atomic E-state index is 11.9. The van der Waals surface area contributed by atoms with Crippen molar-refractivity contribution in [2.24, 2.45) is 0 Å². The zero-order chi connectivity index (χ0) is 13.8. The SMILES string of the molecule is O=C(C=Cc1ccccc1)Nc1ccc2c(c1)CCN2. The van der Waals surface area contributed by atoms with Crippen LogP contribution in [0, 0.1) is 0 Å². The molecule has 0 aromatic heterocycles. The van der Waals surface area contributed by atoms with E-state index in [2.05, 4.69) is 10.6 Å². The third-order valence-corrected chi connectivity index (χ3v) is 3.31. The summed E-state index contributed by atoms with van der Waals surface area (Å²) in [5.41, 5.74) is 4.29. The van der Waals surface area contributed by atoms with Crippen LogP contribution in [0.4, 0.5) is 11.4 Å². The van der Waals surface area contributed by atoms with Crippen LogP contribution in [-0.2, 0) is 11.2 Å². The van der Waals surface area contributed by atoms with Gasteiger partial charge < -0.3 is 10.6 Å². The van der Waals surface area contributed by atoms with E-state index in [0.717, 1.165) is 24.2 Å². The van der Waals surface area contributed by atoms with Crippen molar-refractivity contribution in [2.75, 3.05) is 17.2 Å². The van der Waals surface area contributed by atoms with Gasteiger partial charge in [-0.15, -0.1) is 0 Å². The third kappa shape index (κ3) is 2.88. The van der Waals surface area contributed by atoms with Crippen LogP contribution in [-0.4, -0.2) is 12.5 Å². The first-order valence-electron chi connectivity index (χ1n) is 6.72. The minimum atomic E-state index is -0.111. The first kappa shape index (κ1) is 12.5. The Balaban J connectivity index is 1.66. The van der Waals surface area contributed by atoms with Crippen molar-refractivity contribution in [1.29, 1.82) is 0 Å². The predicted molar refractivity (Wildman–Crippen MR) is 82.7 cm³/mol. The topological polar surface area (TPSA) is 41.1 Å². The molecule has 0 saturated heterocycles. The molecule has 3 rings (SSSR count). The van der Waals surface area contributed by atoms with Crippen molar-refractivity contribution in [1.82, 2.24) is 0 Å². The van der Waals surface area contributed by atoms with Crippen LogP contribution in [0.25, 0.3) is 6.08 Å². The zero-order valence-electron chi connectivity index (χ0n) is 11.1. The number of fused-ring (bicyclic) bond motifs is 1. The number of hydrogen-bond acceptors (Lipinski definition) is 2. The van der Waals surface area contributed by atoms with Gasteiger partial charge >= 0.3 is 0 Å². The van der Waals surface area contributed by atoms with E-state index in [1.165, 1.54) is 11.3 Å². The lowest BCUT2D eigenvalue weighted by Crippen LogP contribution is -2.07. The molecule has 1 amide bonds. The molecule has 0 spiro atoms. The van der Waals surface area contributed by atoms with Crippen LogP contribution in [0.15, 0.2) is 54.6 Å². The van der Waals surface area contributed by atoms with Crippen LogP contribution in [0.5, 0.6) is 0 Å². The fourth-order valence-electron chi connectivity index (χ4n) is 2.30. The summed E-state index contributed by atoms with van der Waals surface area (Å²) < 4.78 is 0. The molecule has 3 nitrogen and oxygen atoms in total. The lowest BCUT2D eigenvalue weighted by Gasteiger charge is -2.05. The van der Waals surface area contributed by atoms with Gasteiger partial charge in [-0.05, 0) is 41.8 Å². The Labute approximate surface area is 118 Å². The van der Waals surface area contributed by atoms with Crippen molar-refractivity contribution in [2.45, 2.75) is 6.42 Å². The molecule has 2 aromatic rings. The fraction of sp³-hybridized carbons (Fsp3) is 0.118. The van der Waals surface area contributed by atoms with Crippen LogP contribution in [0.1, 0.15) is 11.1 Å². The molecule has 1 aliphatic rings. The van der Waals surface area contributed by atoms with Crippen molar-refractivity contribution >= 4 is 23.4 Å². The summed E-state index contributed by atoms with van der Waals surface area (Å²) in [6.07, 6.45) is 4.38. The molecule has 0 atom stereocenters. The van der Waals surface area contributed by atoms with E-state index in [1.54, 1.807) is 6.08 Å². The van der Waals surface area contributed by atoms with Gasteiger partial charge in [0.1, 0.15) is 0 Å². The highest BCUT2D eigenvalue weighted by molar-refractivity contribution is 6.02. The average molecular weight is 264 g/mol. The smallest absolute Gasteiger partial charge is 0.248 e. The Morgan fingerprint density at radius 2 is 2.00 bits per heavy atom. The molecule has 0 unspecified atom stereocenters. The summed E-state index contributed by atoms with van der Waals surface area (Å²) in [7, 11) is 0. The second-order valence-electron chi connectivity index (χ2n) is 4.78. The Morgan fingerprint density at radius 3 is 2.85 bits per heavy atom. The molecular weight excluding hydrogens is 248 g/mol. The van der Waals surface area contributed by atoms with Gasteiger partial charge in [0, 0.05) is 24.0 Å². The van der Waals surface area contributed by atoms with Crippen LogP contribution in [0.2, 0.25) is 0 Å². The normalized spacial score (nSPS) is 13.0. The molecule has 0 saturated carbocycles. The van der Waals surface area contributed by atoms with E-state index in [4.69, 9.17) is 0 Å². The molecule has 2 N–H and O–H groups in total. The average Bonchev–Trinajstić information content (AvgIpc) is 2.94. The Hall–Kier alpha value is -2.55. The number of carbonyl (C=O) groups is 1. The largest absolute Gasteiger partial charge is 0.384 e. The Bertz CT molecular complexity index is 647. The van der Waals surface area contributed by atoms with Crippen LogP contribution in [0.3, 0.4) is 0 Å². The summed E-state index contributed by atoms with van der Waals surface area (Å²) in [6, 6.07) is 15.7. The van der Waals surface area contributed by atoms with Gasteiger partial charge in [-0.3, -0.25) is 4.79 Å². The maximum Gasteiger partial charge on any atom is 0.248 e. The van der Waals surface area contributed by atoms with Crippen molar-refractivity contribution in [3.05, 3.63) is 65.7 Å². The van der Waals surface area contributed by atoms with Gasteiger partial charge in [-0.2, -0.15) is 0 Å².